The van der Waals surface area contributed by atoms with E-state index < -0.39 is 0 Å². The summed E-state index contributed by atoms with van der Waals surface area (Å²) in [6, 6.07) is 8.27. The molecule has 0 aliphatic carbocycles. The van der Waals surface area contributed by atoms with Crippen molar-refractivity contribution in [2.24, 2.45) is 0 Å². The number of benzene rings is 1. The highest BCUT2D eigenvalue weighted by Gasteiger charge is 2.15. The Hall–Kier alpha value is -0.420. The van der Waals surface area contributed by atoms with Crippen molar-refractivity contribution in [3.8, 4) is 0 Å². The Kier molecular flexibility index (Phi) is 8.30. The van der Waals surface area contributed by atoms with Crippen molar-refractivity contribution in [3.63, 3.8) is 0 Å². The topological polar surface area (TPSA) is 30.5 Å². The van der Waals surface area contributed by atoms with Gasteiger partial charge in [0.15, 0.2) is 0 Å². The van der Waals surface area contributed by atoms with Gasteiger partial charge in [0.2, 0.25) is 0 Å². The van der Waals surface area contributed by atoms with Crippen LogP contribution in [-0.2, 0) is 9.47 Å². The van der Waals surface area contributed by atoms with Crippen molar-refractivity contribution in [3.05, 3.63) is 34.3 Å². The molecule has 0 aliphatic heterocycles. The van der Waals surface area contributed by atoms with Gasteiger partial charge in [-0.05, 0) is 38.1 Å². The minimum absolute atomic E-state index is 0.0490. The average molecular weight is 330 g/mol. The Bertz CT molecular complexity index is 360. The zero-order chi connectivity index (χ0) is 14.1. The summed E-state index contributed by atoms with van der Waals surface area (Å²) in [5.74, 6) is 0. The number of likely N-dealkylation sites (N-methyl/N-ethyl adjacent to an activating group) is 1. The number of rotatable bonds is 9. The third-order valence-electron chi connectivity index (χ3n) is 2.75. The predicted molar refractivity (Wildman–Crippen MR) is 82.5 cm³/mol. The van der Waals surface area contributed by atoms with Crippen LogP contribution < -0.4 is 5.32 Å². The van der Waals surface area contributed by atoms with Crippen LogP contribution in [0.5, 0.6) is 0 Å². The van der Waals surface area contributed by atoms with Gasteiger partial charge < -0.3 is 14.8 Å². The van der Waals surface area contributed by atoms with Gasteiger partial charge in [-0.2, -0.15) is 0 Å². The van der Waals surface area contributed by atoms with E-state index in [1.54, 1.807) is 0 Å². The second kappa shape index (κ2) is 9.48. The average Bonchev–Trinajstić information content (AvgIpc) is 2.41. The van der Waals surface area contributed by atoms with Gasteiger partial charge in [0, 0.05) is 17.6 Å². The van der Waals surface area contributed by atoms with Crippen LogP contribution in [0.3, 0.4) is 0 Å². The molecule has 0 fully saturated rings. The van der Waals surface area contributed by atoms with Gasteiger partial charge in [-0.25, -0.2) is 0 Å². The lowest BCUT2D eigenvalue weighted by Crippen LogP contribution is -2.27. The van der Waals surface area contributed by atoms with Gasteiger partial charge in [0.25, 0.3) is 0 Å². The minimum Gasteiger partial charge on any atom is -0.379 e. The Labute approximate surface area is 124 Å². The molecule has 0 heterocycles. The Morgan fingerprint density at radius 1 is 1.32 bits per heavy atom. The van der Waals surface area contributed by atoms with Crippen LogP contribution in [0.1, 0.15) is 32.4 Å². The van der Waals surface area contributed by atoms with E-state index >= 15 is 0 Å². The van der Waals surface area contributed by atoms with E-state index in [9.17, 15) is 0 Å². The molecule has 108 valence electrons. The quantitative estimate of drug-likeness (QED) is 0.751. The lowest BCUT2D eigenvalue weighted by molar-refractivity contribution is -0.0468. The van der Waals surface area contributed by atoms with E-state index in [1.165, 1.54) is 5.56 Å². The first-order valence-electron chi connectivity index (χ1n) is 6.86. The molecule has 19 heavy (non-hydrogen) atoms. The summed E-state index contributed by atoms with van der Waals surface area (Å²) in [4.78, 5) is 0. The molecule has 0 saturated carbocycles. The molecule has 0 spiro atoms. The standard InChI is InChI=1S/C15H24BrNO2/c1-4-17-10-15(19-12(3)11-18-5-2)13-7-6-8-14(16)9-13/h6-9,12,15,17H,4-5,10-11H2,1-3H3. The predicted octanol–water partition coefficient (Wildman–Crippen LogP) is 3.54. The molecule has 0 saturated heterocycles. The molecule has 0 amide bonds. The monoisotopic (exact) mass is 329 g/mol. The first-order chi connectivity index (χ1) is 9.17. The minimum atomic E-state index is 0.0490. The smallest absolute Gasteiger partial charge is 0.0954 e. The molecule has 1 N–H and O–H groups in total. The van der Waals surface area contributed by atoms with Gasteiger partial charge in [0.05, 0.1) is 18.8 Å². The first kappa shape index (κ1) is 16.6. The molecule has 1 aromatic carbocycles. The molecular weight excluding hydrogens is 306 g/mol. The lowest BCUT2D eigenvalue weighted by Gasteiger charge is -2.23. The van der Waals surface area contributed by atoms with Crippen molar-refractivity contribution in [2.75, 3.05) is 26.3 Å². The number of hydrogen-bond donors (Lipinski definition) is 1. The normalized spacial score (nSPS) is 14.3. The molecule has 0 aliphatic rings. The molecule has 0 aromatic heterocycles. The maximum Gasteiger partial charge on any atom is 0.0954 e. The molecular formula is C15H24BrNO2. The molecule has 0 radical (unpaired) electrons. The van der Waals surface area contributed by atoms with Crippen LogP contribution in [0.4, 0.5) is 0 Å². The van der Waals surface area contributed by atoms with Crippen molar-refractivity contribution < 1.29 is 9.47 Å². The number of nitrogens with one attached hydrogen (secondary N) is 1. The van der Waals surface area contributed by atoms with Crippen LogP contribution in [0.15, 0.2) is 28.7 Å². The van der Waals surface area contributed by atoms with E-state index in [-0.39, 0.29) is 12.2 Å². The van der Waals surface area contributed by atoms with Gasteiger partial charge in [-0.3, -0.25) is 0 Å². The maximum atomic E-state index is 6.09. The van der Waals surface area contributed by atoms with Crippen molar-refractivity contribution >= 4 is 15.9 Å². The Balaban J connectivity index is 2.65. The molecule has 0 bridgehead atoms. The fraction of sp³-hybridized carbons (Fsp3) is 0.600. The SMILES string of the molecule is CCNCC(OC(C)COCC)c1cccc(Br)c1. The largest absolute Gasteiger partial charge is 0.379 e. The summed E-state index contributed by atoms with van der Waals surface area (Å²) >= 11 is 3.51. The van der Waals surface area contributed by atoms with E-state index in [1.807, 2.05) is 26.0 Å². The van der Waals surface area contributed by atoms with Gasteiger partial charge >= 0.3 is 0 Å². The van der Waals surface area contributed by atoms with E-state index in [0.29, 0.717) is 6.61 Å². The highest BCUT2D eigenvalue weighted by atomic mass is 79.9. The zero-order valence-electron chi connectivity index (χ0n) is 12.0. The third kappa shape index (κ3) is 6.52. The fourth-order valence-electron chi connectivity index (χ4n) is 1.83. The summed E-state index contributed by atoms with van der Waals surface area (Å²) in [6.07, 6.45) is 0.135. The van der Waals surface area contributed by atoms with Crippen LogP contribution in [0, 0.1) is 0 Å². The molecule has 1 rings (SSSR count). The molecule has 2 unspecified atom stereocenters. The summed E-state index contributed by atoms with van der Waals surface area (Å²) in [5, 5.41) is 3.35. The second-order valence-electron chi connectivity index (χ2n) is 4.46. The second-order valence-corrected chi connectivity index (χ2v) is 5.37. The summed E-state index contributed by atoms with van der Waals surface area (Å²) in [6.45, 7) is 9.25. The maximum absolute atomic E-state index is 6.09. The van der Waals surface area contributed by atoms with E-state index in [0.717, 1.165) is 24.2 Å². The van der Waals surface area contributed by atoms with Gasteiger partial charge in [-0.1, -0.05) is 35.0 Å². The lowest BCUT2D eigenvalue weighted by atomic mass is 10.1. The van der Waals surface area contributed by atoms with Crippen LogP contribution >= 0.6 is 15.9 Å². The molecule has 3 nitrogen and oxygen atoms in total. The summed E-state index contributed by atoms with van der Waals surface area (Å²) in [7, 11) is 0. The van der Waals surface area contributed by atoms with E-state index in [2.05, 4.69) is 40.3 Å². The molecule has 2 atom stereocenters. The van der Waals surface area contributed by atoms with Crippen LogP contribution in [0.2, 0.25) is 0 Å². The number of hydrogen-bond acceptors (Lipinski definition) is 3. The van der Waals surface area contributed by atoms with Crippen LogP contribution in [0.25, 0.3) is 0 Å². The number of halogens is 1. The Morgan fingerprint density at radius 2 is 2.11 bits per heavy atom. The summed E-state index contributed by atoms with van der Waals surface area (Å²) < 4.78 is 12.6. The van der Waals surface area contributed by atoms with Crippen molar-refractivity contribution in [1.82, 2.24) is 5.32 Å². The highest BCUT2D eigenvalue weighted by molar-refractivity contribution is 9.10. The summed E-state index contributed by atoms with van der Waals surface area (Å²) in [5.41, 5.74) is 1.18. The first-order valence-corrected chi connectivity index (χ1v) is 7.66. The highest BCUT2D eigenvalue weighted by Crippen LogP contribution is 2.22. The van der Waals surface area contributed by atoms with Crippen LogP contribution in [-0.4, -0.2) is 32.4 Å². The fourth-order valence-corrected chi connectivity index (χ4v) is 2.25. The van der Waals surface area contributed by atoms with Gasteiger partial charge in [0.1, 0.15) is 0 Å². The van der Waals surface area contributed by atoms with E-state index in [4.69, 9.17) is 9.47 Å². The zero-order valence-corrected chi connectivity index (χ0v) is 13.6. The molecule has 4 heteroatoms. The number of ether oxygens (including phenoxy) is 2. The molecule has 1 aromatic rings. The Morgan fingerprint density at radius 3 is 2.74 bits per heavy atom. The van der Waals surface area contributed by atoms with Crippen molar-refractivity contribution in [1.29, 1.82) is 0 Å². The van der Waals surface area contributed by atoms with Gasteiger partial charge in [-0.15, -0.1) is 0 Å². The van der Waals surface area contributed by atoms with Crippen molar-refractivity contribution in [2.45, 2.75) is 33.0 Å². The third-order valence-corrected chi connectivity index (χ3v) is 3.25.